The maximum Gasteiger partial charge on any atom is 0.281 e. The first-order valence-corrected chi connectivity index (χ1v) is 9.03. The van der Waals surface area contributed by atoms with Gasteiger partial charge in [0.2, 0.25) is 0 Å². The van der Waals surface area contributed by atoms with Crippen LogP contribution >= 0.6 is 0 Å². The van der Waals surface area contributed by atoms with Crippen molar-refractivity contribution < 1.29 is 13.2 Å². The summed E-state index contributed by atoms with van der Waals surface area (Å²) in [6.07, 6.45) is 4.42. The van der Waals surface area contributed by atoms with Crippen molar-refractivity contribution in [2.45, 2.75) is 31.8 Å². The summed E-state index contributed by atoms with van der Waals surface area (Å²) >= 11 is 0. The molecule has 0 aromatic carbocycles. The Bertz CT molecular complexity index is 637. The maximum atomic E-state index is 12.4. The number of hydrogen-bond acceptors (Lipinski definition) is 4. The van der Waals surface area contributed by atoms with Gasteiger partial charge in [-0.3, -0.25) is 0 Å². The molecule has 1 saturated carbocycles. The van der Waals surface area contributed by atoms with E-state index >= 15 is 0 Å². The largest absolute Gasteiger partial charge is 0.384 e. The Morgan fingerprint density at radius 1 is 1.41 bits per heavy atom. The quantitative estimate of drug-likeness (QED) is 0.769. The Labute approximate surface area is 132 Å². The van der Waals surface area contributed by atoms with E-state index in [4.69, 9.17) is 4.74 Å². The van der Waals surface area contributed by atoms with Crippen LogP contribution in [0.5, 0.6) is 0 Å². The molecule has 1 aliphatic carbocycles. The second-order valence-corrected chi connectivity index (χ2v) is 8.55. The Morgan fingerprint density at radius 2 is 2.14 bits per heavy atom. The lowest BCUT2D eigenvalue weighted by Crippen LogP contribution is -2.45. The van der Waals surface area contributed by atoms with Crippen LogP contribution in [0.3, 0.4) is 0 Å². The molecule has 1 aromatic rings. The highest BCUT2D eigenvalue weighted by molar-refractivity contribution is 7.86. The fourth-order valence-corrected chi connectivity index (χ4v) is 4.17. The molecule has 0 unspecified atom stereocenters. The van der Waals surface area contributed by atoms with E-state index in [1.54, 1.807) is 21.2 Å². The van der Waals surface area contributed by atoms with Gasteiger partial charge in [-0.1, -0.05) is 0 Å². The summed E-state index contributed by atoms with van der Waals surface area (Å²) in [7, 11) is 1.33. The minimum absolute atomic E-state index is 0.0322. The van der Waals surface area contributed by atoms with Crippen molar-refractivity contribution in [2.24, 2.45) is 5.92 Å². The molecule has 124 valence electrons. The first-order valence-electron chi connectivity index (χ1n) is 7.64. The molecule has 8 heteroatoms. The number of methoxy groups -OCH3 is 1. The van der Waals surface area contributed by atoms with Gasteiger partial charge in [0.25, 0.3) is 10.2 Å². The lowest BCUT2D eigenvalue weighted by atomic mass is 10.0. The summed E-state index contributed by atoms with van der Waals surface area (Å²) in [4.78, 5) is 4.48. The number of rotatable bonds is 6. The molecule has 0 bridgehead atoms. The smallest absolute Gasteiger partial charge is 0.281 e. The van der Waals surface area contributed by atoms with Gasteiger partial charge in [-0.15, -0.1) is 0 Å². The van der Waals surface area contributed by atoms with Crippen molar-refractivity contribution in [1.82, 2.24) is 18.2 Å². The van der Waals surface area contributed by atoms with E-state index in [1.807, 2.05) is 6.33 Å². The molecule has 2 heterocycles. The zero-order valence-corrected chi connectivity index (χ0v) is 14.2. The molecule has 7 nitrogen and oxygen atoms in total. The second kappa shape index (κ2) is 5.92. The highest BCUT2D eigenvalue weighted by atomic mass is 32.2. The predicted molar refractivity (Wildman–Crippen MR) is 82.6 cm³/mol. The first-order chi connectivity index (χ1) is 10.4. The molecule has 1 atom stereocenters. The van der Waals surface area contributed by atoms with Gasteiger partial charge >= 0.3 is 0 Å². The maximum absolute atomic E-state index is 12.4. The number of hydrogen-bond donors (Lipinski definition) is 0. The number of ether oxygens (including phenoxy) is 1. The van der Waals surface area contributed by atoms with Crippen LogP contribution in [0.2, 0.25) is 0 Å². The molecule has 1 aliphatic heterocycles. The zero-order valence-electron chi connectivity index (χ0n) is 13.4. The van der Waals surface area contributed by atoms with Gasteiger partial charge in [0.15, 0.2) is 0 Å². The molecule has 3 rings (SSSR count). The Balaban J connectivity index is 1.90. The third kappa shape index (κ3) is 2.92. The Kier molecular flexibility index (Phi) is 4.28. The third-order valence-electron chi connectivity index (χ3n) is 4.40. The normalized spacial score (nSPS) is 23.0. The van der Waals surface area contributed by atoms with Crippen molar-refractivity contribution in [3.05, 3.63) is 17.7 Å². The van der Waals surface area contributed by atoms with E-state index in [0.717, 1.165) is 23.9 Å². The van der Waals surface area contributed by atoms with Crippen LogP contribution in [0.25, 0.3) is 0 Å². The van der Waals surface area contributed by atoms with Crippen molar-refractivity contribution in [2.75, 3.05) is 34.4 Å². The molecule has 2 aliphatic rings. The van der Waals surface area contributed by atoms with E-state index in [1.165, 1.54) is 21.5 Å². The fourth-order valence-electron chi connectivity index (χ4n) is 3.05. The van der Waals surface area contributed by atoms with Crippen molar-refractivity contribution in [1.29, 1.82) is 0 Å². The lowest BCUT2D eigenvalue weighted by Gasteiger charge is -2.33. The van der Waals surface area contributed by atoms with E-state index in [-0.39, 0.29) is 5.92 Å². The average molecular weight is 328 g/mol. The van der Waals surface area contributed by atoms with Gasteiger partial charge in [0.05, 0.1) is 25.2 Å². The summed E-state index contributed by atoms with van der Waals surface area (Å²) in [6, 6.07) is 0. The minimum atomic E-state index is -3.43. The van der Waals surface area contributed by atoms with Gasteiger partial charge in [0.1, 0.15) is 0 Å². The van der Waals surface area contributed by atoms with E-state index in [0.29, 0.717) is 19.7 Å². The van der Waals surface area contributed by atoms with Crippen LogP contribution in [0.15, 0.2) is 6.33 Å². The summed E-state index contributed by atoms with van der Waals surface area (Å²) in [5.41, 5.74) is 2.01. The van der Waals surface area contributed by atoms with Crippen molar-refractivity contribution in [3.8, 4) is 0 Å². The zero-order chi connectivity index (χ0) is 15.9. The van der Waals surface area contributed by atoms with Gasteiger partial charge in [-0.25, -0.2) is 4.98 Å². The third-order valence-corrected chi connectivity index (χ3v) is 6.26. The Hall–Kier alpha value is -0.960. The minimum Gasteiger partial charge on any atom is -0.384 e. The summed E-state index contributed by atoms with van der Waals surface area (Å²) < 4.78 is 35.1. The van der Waals surface area contributed by atoms with E-state index in [9.17, 15) is 8.42 Å². The predicted octanol–water partition coefficient (Wildman–Crippen LogP) is 0.645. The van der Waals surface area contributed by atoms with Gasteiger partial charge in [0, 0.05) is 45.9 Å². The lowest BCUT2D eigenvalue weighted by molar-refractivity contribution is 0.157. The van der Waals surface area contributed by atoms with Crippen LogP contribution in [-0.2, 0) is 28.0 Å². The average Bonchev–Trinajstić information content (AvgIpc) is 3.18. The molecular weight excluding hydrogens is 304 g/mol. The van der Waals surface area contributed by atoms with Gasteiger partial charge < -0.3 is 9.30 Å². The molecule has 0 N–H and O–H groups in total. The van der Waals surface area contributed by atoms with Gasteiger partial charge in [-0.05, 0) is 18.8 Å². The van der Waals surface area contributed by atoms with Crippen LogP contribution < -0.4 is 0 Å². The number of imidazole rings is 1. The molecule has 1 aromatic heterocycles. The van der Waals surface area contributed by atoms with Crippen molar-refractivity contribution in [3.63, 3.8) is 0 Å². The monoisotopic (exact) mass is 328 g/mol. The molecule has 1 fully saturated rings. The molecule has 0 saturated heterocycles. The highest BCUT2D eigenvalue weighted by Gasteiger charge is 2.37. The van der Waals surface area contributed by atoms with Crippen LogP contribution in [0.4, 0.5) is 0 Å². The highest BCUT2D eigenvalue weighted by Crippen LogP contribution is 2.35. The SMILES string of the molecule is COC[C@@H]1CN(S(=O)(=O)N(C)C)Cc2ncn(CC3CC3)c21. The first kappa shape index (κ1) is 15.9. The molecule has 0 amide bonds. The summed E-state index contributed by atoms with van der Waals surface area (Å²) in [5.74, 6) is 0.787. The molecule has 0 radical (unpaired) electrons. The fraction of sp³-hybridized carbons (Fsp3) is 0.786. The van der Waals surface area contributed by atoms with Crippen LogP contribution in [-0.4, -0.2) is 60.9 Å². The van der Waals surface area contributed by atoms with Crippen LogP contribution in [0.1, 0.15) is 30.1 Å². The topological polar surface area (TPSA) is 67.7 Å². The number of nitrogens with zero attached hydrogens (tertiary/aromatic N) is 4. The molecular formula is C14H24N4O3S. The molecule has 22 heavy (non-hydrogen) atoms. The Morgan fingerprint density at radius 3 is 2.73 bits per heavy atom. The van der Waals surface area contributed by atoms with Gasteiger partial charge in [-0.2, -0.15) is 17.0 Å². The second-order valence-electron chi connectivity index (χ2n) is 6.41. The summed E-state index contributed by atoms with van der Waals surface area (Å²) in [6.45, 7) is 2.28. The van der Waals surface area contributed by atoms with Crippen LogP contribution in [0, 0.1) is 5.92 Å². The number of fused-ring (bicyclic) bond motifs is 1. The molecule has 0 spiro atoms. The van der Waals surface area contributed by atoms with E-state index < -0.39 is 10.2 Å². The van der Waals surface area contributed by atoms with Crippen molar-refractivity contribution >= 4 is 10.2 Å². The number of aromatic nitrogens is 2. The summed E-state index contributed by atoms with van der Waals surface area (Å²) in [5, 5.41) is 0. The van der Waals surface area contributed by atoms with E-state index in [2.05, 4.69) is 9.55 Å². The standard InChI is InChI=1S/C14H24N4O3S/c1-16(2)22(19,20)18-7-12(9-21-3)14-13(8-18)15-10-17(14)6-11-4-5-11/h10-12H,4-9H2,1-3H3/t12-/m0/s1.